The molecule has 0 heterocycles. The van der Waals surface area contributed by atoms with Gasteiger partial charge >= 0.3 is 0 Å². The molecule has 0 aliphatic rings. The molecule has 0 aliphatic carbocycles. The van der Waals surface area contributed by atoms with Gasteiger partial charge in [-0.05, 0) is 50.5 Å². The number of benzene rings is 1. The van der Waals surface area contributed by atoms with E-state index in [1.807, 2.05) is 13.8 Å². The summed E-state index contributed by atoms with van der Waals surface area (Å²) in [6.07, 6.45) is 1.80. The highest BCUT2D eigenvalue weighted by Crippen LogP contribution is 2.23. The lowest BCUT2D eigenvalue weighted by Gasteiger charge is -2.36. The second kappa shape index (κ2) is 7.03. The fraction of sp³-hybridized carbons (Fsp3) is 0.588. The Morgan fingerprint density at radius 1 is 1.24 bits per heavy atom. The van der Waals surface area contributed by atoms with Crippen LogP contribution in [0.3, 0.4) is 0 Å². The van der Waals surface area contributed by atoms with Crippen molar-refractivity contribution >= 4 is 11.6 Å². The molecule has 0 spiro atoms. The number of amides is 1. The molecule has 0 aromatic heterocycles. The van der Waals surface area contributed by atoms with Crippen molar-refractivity contribution in [2.45, 2.75) is 46.6 Å². The van der Waals surface area contributed by atoms with Crippen molar-refractivity contribution in [1.29, 1.82) is 0 Å². The maximum absolute atomic E-state index is 13.4. The highest BCUT2D eigenvalue weighted by molar-refractivity contribution is 5.95. The predicted octanol–water partition coefficient (Wildman–Crippen LogP) is 3.65. The Labute approximate surface area is 127 Å². The largest absolute Gasteiger partial charge is 0.320 e. The van der Waals surface area contributed by atoms with Gasteiger partial charge in [-0.2, -0.15) is 0 Å². The normalized spacial score (nSPS) is 13.1. The Morgan fingerprint density at radius 3 is 2.19 bits per heavy atom. The lowest BCUT2D eigenvalue weighted by molar-refractivity contribution is -0.904. The second-order valence-corrected chi connectivity index (χ2v) is 6.30. The van der Waals surface area contributed by atoms with Crippen molar-refractivity contribution in [3.8, 4) is 0 Å². The van der Waals surface area contributed by atoms with Crippen molar-refractivity contribution in [2.24, 2.45) is 0 Å². The van der Waals surface area contributed by atoms with E-state index in [0.29, 0.717) is 4.48 Å². The number of carbonyl (C=O) groups is 1. The van der Waals surface area contributed by atoms with Crippen LogP contribution in [-0.2, 0) is 4.79 Å². The summed E-state index contributed by atoms with van der Waals surface area (Å²) in [6, 6.07) is 2.82. The summed E-state index contributed by atoms with van der Waals surface area (Å²) < 4.78 is 14.0. The maximum atomic E-state index is 13.4. The molecule has 1 atom stereocenters. The lowest BCUT2D eigenvalue weighted by Crippen LogP contribution is -2.54. The van der Waals surface area contributed by atoms with Crippen LogP contribution in [-0.4, -0.2) is 37.1 Å². The zero-order valence-corrected chi connectivity index (χ0v) is 14.1. The monoisotopic (exact) mass is 295 g/mol. The van der Waals surface area contributed by atoms with E-state index in [4.69, 9.17) is 0 Å². The molecule has 0 saturated carbocycles. The quantitative estimate of drug-likeness (QED) is 0.798. The van der Waals surface area contributed by atoms with Gasteiger partial charge in [0, 0.05) is 12.1 Å². The zero-order valence-electron chi connectivity index (χ0n) is 14.1. The first-order valence-electron chi connectivity index (χ1n) is 7.63. The summed E-state index contributed by atoms with van der Waals surface area (Å²) in [7, 11) is 4.15. The van der Waals surface area contributed by atoms with E-state index in [0.717, 1.165) is 36.2 Å². The first kappa shape index (κ1) is 17.6. The van der Waals surface area contributed by atoms with Crippen molar-refractivity contribution < 1.29 is 13.7 Å². The fourth-order valence-corrected chi connectivity index (χ4v) is 2.61. The third-order valence-corrected chi connectivity index (χ3v) is 4.27. The van der Waals surface area contributed by atoms with Crippen LogP contribution >= 0.6 is 0 Å². The number of hydrogen-bond acceptors (Lipinski definition) is 1. The molecule has 1 rings (SSSR count). The third-order valence-electron chi connectivity index (χ3n) is 4.27. The molecule has 118 valence electrons. The van der Waals surface area contributed by atoms with Crippen LogP contribution in [0.15, 0.2) is 12.1 Å². The van der Waals surface area contributed by atoms with Gasteiger partial charge in [0.05, 0.1) is 20.6 Å². The van der Waals surface area contributed by atoms with Gasteiger partial charge in [0.1, 0.15) is 5.82 Å². The van der Waals surface area contributed by atoms with E-state index in [1.54, 1.807) is 0 Å². The molecule has 0 bridgehead atoms. The summed E-state index contributed by atoms with van der Waals surface area (Å²) >= 11 is 0. The summed E-state index contributed by atoms with van der Waals surface area (Å²) in [6.45, 7) is 8.70. The molecule has 1 aromatic rings. The molecule has 1 amide bonds. The smallest absolute Gasteiger partial charge is 0.282 e. The number of carbonyl (C=O) groups excluding carboxylic acids is 1. The third kappa shape index (κ3) is 4.27. The van der Waals surface area contributed by atoms with Crippen molar-refractivity contribution in [3.05, 3.63) is 29.1 Å². The van der Waals surface area contributed by atoms with E-state index in [9.17, 15) is 9.18 Å². The van der Waals surface area contributed by atoms with Crippen molar-refractivity contribution in [2.75, 3.05) is 26.0 Å². The van der Waals surface area contributed by atoms with Crippen LogP contribution in [0, 0.1) is 19.7 Å². The Hall–Kier alpha value is -1.42. The summed E-state index contributed by atoms with van der Waals surface area (Å²) in [5, 5.41) is 3.01. The molecular formula is C17H28FN2O+. The van der Waals surface area contributed by atoms with Crippen LogP contribution in [0.2, 0.25) is 0 Å². The fourth-order valence-electron chi connectivity index (χ4n) is 2.61. The molecule has 0 fully saturated rings. The Kier molecular flexibility index (Phi) is 5.90. The number of hydrogen-bond donors (Lipinski definition) is 1. The number of aryl methyl sites for hydroxylation is 2. The van der Waals surface area contributed by atoms with E-state index < -0.39 is 0 Å². The zero-order chi connectivity index (χ0) is 16.2. The van der Waals surface area contributed by atoms with Crippen LogP contribution in [0.25, 0.3) is 0 Å². The average Bonchev–Trinajstić information content (AvgIpc) is 2.39. The van der Waals surface area contributed by atoms with Gasteiger partial charge in [0.2, 0.25) is 0 Å². The van der Waals surface area contributed by atoms with E-state index >= 15 is 0 Å². The van der Waals surface area contributed by atoms with Crippen molar-refractivity contribution in [3.63, 3.8) is 0 Å². The first-order chi connectivity index (χ1) is 9.72. The van der Waals surface area contributed by atoms with Gasteiger partial charge in [-0.3, -0.25) is 4.79 Å². The highest BCUT2D eigenvalue weighted by atomic mass is 19.1. The SMILES string of the molecule is CCCC(C(=O)Nc1c(C)cc(F)cc1C)[N+](C)(C)CC. The lowest BCUT2D eigenvalue weighted by atomic mass is 10.1. The van der Waals surface area contributed by atoms with Gasteiger partial charge in [0.15, 0.2) is 6.04 Å². The highest BCUT2D eigenvalue weighted by Gasteiger charge is 2.33. The first-order valence-corrected chi connectivity index (χ1v) is 7.63. The van der Waals surface area contributed by atoms with Crippen LogP contribution < -0.4 is 5.32 Å². The molecule has 0 aliphatic heterocycles. The van der Waals surface area contributed by atoms with Crippen molar-refractivity contribution in [1.82, 2.24) is 0 Å². The molecule has 1 N–H and O–H groups in total. The van der Waals surface area contributed by atoms with Gasteiger partial charge in [-0.1, -0.05) is 6.92 Å². The van der Waals surface area contributed by atoms with Gasteiger partial charge in [-0.15, -0.1) is 0 Å². The van der Waals surface area contributed by atoms with Gasteiger partial charge in [0.25, 0.3) is 5.91 Å². The molecule has 4 heteroatoms. The summed E-state index contributed by atoms with van der Waals surface area (Å²) in [5.41, 5.74) is 2.26. The summed E-state index contributed by atoms with van der Waals surface area (Å²) in [5.74, 6) is -0.251. The number of likely N-dealkylation sites (N-methyl/N-ethyl adjacent to an activating group) is 1. The molecule has 3 nitrogen and oxygen atoms in total. The molecule has 1 aromatic carbocycles. The summed E-state index contributed by atoms with van der Waals surface area (Å²) in [4.78, 5) is 12.7. The second-order valence-electron chi connectivity index (χ2n) is 6.30. The van der Waals surface area contributed by atoms with E-state index in [1.165, 1.54) is 12.1 Å². The Balaban J connectivity index is 3.03. The minimum Gasteiger partial charge on any atom is -0.320 e. The number of rotatable bonds is 6. The number of quaternary nitrogens is 1. The topological polar surface area (TPSA) is 29.1 Å². The standard InChI is InChI=1S/C17H27FN2O/c1-7-9-15(20(5,6)8-2)17(21)19-16-12(3)10-14(18)11-13(16)4/h10-11,15H,7-9H2,1-6H3/p+1. The number of nitrogens with one attached hydrogen (secondary N) is 1. The predicted molar refractivity (Wildman–Crippen MR) is 85.8 cm³/mol. The van der Waals surface area contributed by atoms with Crippen LogP contribution in [0.5, 0.6) is 0 Å². The minimum atomic E-state index is -0.266. The number of nitrogens with zero attached hydrogens (tertiary/aromatic N) is 1. The Bertz CT molecular complexity index is 489. The minimum absolute atomic E-state index is 0.0153. The molecule has 0 radical (unpaired) electrons. The molecule has 1 unspecified atom stereocenters. The van der Waals surface area contributed by atoms with Crippen LogP contribution in [0.1, 0.15) is 37.8 Å². The number of halogens is 1. The Morgan fingerprint density at radius 2 is 1.76 bits per heavy atom. The van der Waals surface area contributed by atoms with Gasteiger partial charge < -0.3 is 9.80 Å². The van der Waals surface area contributed by atoms with Crippen LogP contribution in [0.4, 0.5) is 10.1 Å². The molecule has 0 saturated heterocycles. The molecule has 21 heavy (non-hydrogen) atoms. The molecular weight excluding hydrogens is 267 g/mol. The van der Waals surface area contributed by atoms with E-state index in [-0.39, 0.29) is 17.8 Å². The van der Waals surface area contributed by atoms with Gasteiger partial charge in [-0.25, -0.2) is 4.39 Å². The van der Waals surface area contributed by atoms with E-state index in [2.05, 4.69) is 33.3 Å². The number of anilines is 1. The maximum Gasteiger partial charge on any atom is 0.282 e. The average molecular weight is 295 g/mol.